The van der Waals surface area contributed by atoms with E-state index in [1.165, 1.54) is 29.8 Å². The Morgan fingerprint density at radius 3 is 2.25 bits per heavy atom. The van der Waals surface area contributed by atoms with E-state index in [0.717, 1.165) is 5.56 Å². The lowest BCUT2D eigenvalue weighted by Crippen LogP contribution is -2.16. The zero-order valence-corrected chi connectivity index (χ0v) is 21.1. The normalized spacial score (nSPS) is 11.2. The standard InChI is InChI=1S/C26H26N4O5S/c1-16-5-8-21(13-17(16)2)34-15-22-9-12-24(35-22)25(31)29-20-6-10-23(11-7-20)36(32,33)30-26-27-18(3)14-19(4)28-26/h5-14H,15H2,1-4H3,(H,29,31)(H,27,28,30). The van der Waals surface area contributed by atoms with Crippen LogP contribution in [0.15, 0.2) is 70.0 Å². The van der Waals surface area contributed by atoms with Gasteiger partial charge in [-0.15, -0.1) is 0 Å². The van der Waals surface area contributed by atoms with Crippen molar-refractivity contribution in [2.45, 2.75) is 39.2 Å². The molecule has 2 aromatic heterocycles. The van der Waals surface area contributed by atoms with E-state index in [1.54, 1.807) is 32.0 Å². The van der Waals surface area contributed by atoms with Crippen LogP contribution in [-0.2, 0) is 16.6 Å². The molecular formula is C26H26N4O5S. The Hall–Kier alpha value is -4.18. The van der Waals surface area contributed by atoms with Gasteiger partial charge in [0.15, 0.2) is 5.76 Å². The van der Waals surface area contributed by atoms with Crippen LogP contribution in [0.5, 0.6) is 5.75 Å². The summed E-state index contributed by atoms with van der Waals surface area (Å²) in [4.78, 5) is 20.8. The fraction of sp³-hybridized carbons (Fsp3) is 0.192. The van der Waals surface area contributed by atoms with Gasteiger partial charge in [0, 0.05) is 17.1 Å². The molecule has 0 unspecified atom stereocenters. The lowest BCUT2D eigenvalue weighted by atomic mass is 10.1. The number of carbonyl (C=O) groups is 1. The lowest BCUT2D eigenvalue weighted by Gasteiger charge is -2.09. The summed E-state index contributed by atoms with van der Waals surface area (Å²) in [6, 6.07) is 16.5. The summed E-state index contributed by atoms with van der Waals surface area (Å²) >= 11 is 0. The van der Waals surface area contributed by atoms with Crippen LogP contribution in [0.1, 0.15) is 38.8 Å². The van der Waals surface area contributed by atoms with Gasteiger partial charge in [0.2, 0.25) is 5.95 Å². The molecule has 0 bridgehead atoms. The minimum Gasteiger partial charge on any atom is -0.486 e. The Morgan fingerprint density at radius 2 is 1.58 bits per heavy atom. The van der Waals surface area contributed by atoms with Gasteiger partial charge in [-0.05, 0) is 93.4 Å². The molecule has 186 valence electrons. The second-order valence-electron chi connectivity index (χ2n) is 8.36. The van der Waals surface area contributed by atoms with Crippen molar-refractivity contribution in [3.05, 3.63) is 94.7 Å². The highest BCUT2D eigenvalue weighted by Gasteiger charge is 2.17. The minimum absolute atomic E-state index is 0.00000445. The SMILES string of the molecule is Cc1cc(C)nc(NS(=O)(=O)c2ccc(NC(=O)c3ccc(COc4ccc(C)c(C)c4)o3)cc2)n1. The summed E-state index contributed by atoms with van der Waals surface area (Å²) in [6.07, 6.45) is 0. The number of anilines is 2. The van der Waals surface area contributed by atoms with Crippen molar-refractivity contribution in [2.24, 2.45) is 0 Å². The van der Waals surface area contributed by atoms with Gasteiger partial charge in [0.25, 0.3) is 15.9 Å². The number of carbonyl (C=O) groups excluding carboxylic acids is 1. The largest absolute Gasteiger partial charge is 0.486 e. The van der Waals surface area contributed by atoms with Gasteiger partial charge in [-0.3, -0.25) is 4.79 Å². The van der Waals surface area contributed by atoms with Crippen molar-refractivity contribution in [2.75, 3.05) is 10.0 Å². The number of hydrogen-bond donors (Lipinski definition) is 2. The van der Waals surface area contributed by atoms with Gasteiger partial charge in [0.05, 0.1) is 4.90 Å². The Balaban J connectivity index is 1.37. The van der Waals surface area contributed by atoms with Gasteiger partial charge in [-0.2, -0.15) is 0 Å². The van der Waals surface area contributed by atoms with Crippen molar-refractivity contribution < 1.29 is 22.4 Å². The Labute approximate surface area is 209 Å². The maximum atomic E-state index is 12.7. The van der Waals surface area contributed by atoms with Gasteiger partial charge in [-0.1, -0.05) is 6.07 Å². The number of furan rings is 1. The number of aryl methyl sites for hydroxylation is 4. The molecule has 0 saturated carbocycles. The summed E-state index contributed by atoms with van der Waals surface area (Å²) in [6.45, 7) is 7.73. The van der Waals surface area contributed by atoms with E-state index in [1.807, 2.05) is 32.0 Å². The number of amides is 1. The van der Waals surface area contributed by atoms with Crippen molar-refractivity contribution in [1.82, 2.24) is 9.97 Å². The third-order valence-electron chi connectivity index (χ3n) is 5.38. The number of benzene rings is 2. The van der Waals surface area contributed by atoms with E-state index < -0.39 is 15.9 Å². The van der Waals surface area contributed by atoms with Crippen LogP contribution in [0, 0.1) is 27.7 Å². The van der Waals surface area contributed by atoms with Gasteiger partial charge in [0.1, 0.15) is 18.1 Å². The molecule has 0 fully saturated rings. The number of nitrogens with zero attached hydrogens (tertiary/aromatic N) is 2. The maximum Gasteiger partial charge on any atom is 0.291 e. The van der Waals surface area contributed by atoms with Crippen LogP contribution >= 0.6 is 0 Å². The van der Waals surface area contributed by atoms with Crippen LogP contribution < -0.4 is 14.8 Å². The molecule has 0 spiro atoms. The molecule has 0 saturated heterocycles. The molecule has 10 heteroatoms. The minimum atomic E-state index is -3.90. The molecule has 0 radical (unpaired) electrons. The molecule has 2 N–H and O–H groups in total. The van der Waals surface area contributed by atoms with E-state index in [-0.39, 0.29) is 23.2 Å². The first-order valence-electron chi connectivity index (χ1n) is 11.1. The van der Waals surface area contributed by atoms with Crippen molar-refractivity contribution in [1.29, 1.82) is 0 Å². The summed E-state index contributed by atoms with van der Waals surface area (Å²) in [5, 5.41) is 2.69. The van der Waals surface area contributed by atoms with Gasteiger partial charge >= 0.3 is 0 Å². The topological polar surface area (TPSA) is 123 Å². The average Bonchev–Trinajstić information content (AvgIpc) is 3.28. The number of nitrogens with one attached hydrogen (secondary N) is 2. The molecule has 0 aliphatic heterocycles. The van der Waals surface area contributed by atoms with Crippen LogP contribution in [-0.4, -0.2) is 24.3 Å². The summed E-state index contributed by atoms with van der Waals surface area (Å²) in [5.41, 5.74) is 4.01. The highest BCUT2D eigenvalue weighted by molar-refractivity contribution is 7.92. The van der Waals surface area contributed by atoms with Crippen molar-refractivity contribution >= 4 is 27.6 Å². The first-order chi connectivity index (χ1) is 17.1. The third kappa shape index (κ3) is 6.08. The van der Waals surface area contributed by atoms with Crippen LogP contribution in [0.4, 0.5) is 11.6 Å². The highest BCUT2D eigenvalue weighted by Crippen LogP contribution is 2.20. The second kappa shape index (κ2) is 10.2. The van der Waals surface area contributed by atoms with Crippen LogP contribution in [0.25, 0.3) is 0 Å². The number of sulfonamides is 1. The van der Waals surface area contributed by atoms with E-state index in [4.69, 9.17) is 9.15 Å². The Morgan fingerprint density at radius 1 is 0.889 bits per heavy atom. The predicted octanol–water partition coefficient (Wildman–Crippen LogP) is 4.94. The Kier molecular flexibility index (Phi) is 7.07. The zero-order valence-electron chi connectivity index (χ0n) is 20.3. The van der Waals surface area contributed by atoms with E-state index >= 15 is 0 Å². The Bertz CT molecular complexity index is 1490. The lowest BCUT2D eigenvalue weighted by molar-refractivity contribution is 0.0992. The quantitative estimate of drug-likeness (QED) is 0.347. The third-order valence-corrected chi connectivity index (χ3v) is 6.72. The molecule has 4 rings (SSSR count). The molecule has 2 aromatic carbocycles. The first kappa shape index (κ1) is 24.9. The van der Waals surface area contributed by atoms with Crippen LogP contribution in [0.2, 0.25) is 0 Å². The van der Waals surface area contributed by atoms with E-state index in [9.17, 15) is 13.2 Å². The fourth-order valence-electron chi connectivity index (χ4n) is 3.40. The molecule has 36 heavy (non-hydrogen) atoms. The molecule has 0 atom stereocenters. The first-order valence-corrected chi connectivity index (χ1v) is 12.6. The molecule has 4 aromatic rings. The zero-order chi connectivity index (χ0) is 25.9. The van der Waals surface area contributed by atoms with Crippen molar-refractivity contribution in [3.63, 3.8) is 0 Å². The number of hydrogen-bond acceptors (Lipinski definition) is 7. The van der Waals surface area contributed by atoms with Gasteiger partial charge < -0.3 is 14.5 Å². The number of aromatic nitrogens is 2. The summed E-state index contributed by atoms with van der Waals surface area (Å²) in [7, 11) is -3.90. The monoisotopic (exact) mass is 506 g/mol. The maximum absolute atomic E-state index is 12.7. The number of ether oxygens (including phenoxy) is 1. The molecule has 0 aliphatic rings. The predicted molar refractivity (Wildman–Crippen MR) is 136 cm³/mol. The van der Waals surface area contributed by atoms with Crippen LogP contribution in [0.3, 0.4) is 0 Å². The fourth-order valence-corrected chi connectivity index (χ4v) is 4.34. The van der Waals surface area contributed by atoms with E-state index in [2.05, 4.69) is 20.0 Å². The molecule has 9 nitrogen and oxygen atoms in total. The highest BCUT2D eigenvalue weighted by atomic mass is 32.2. The van der Waals surface area contributed by atoms with E-state index in [0.29, 0.717) is 28.6 Å². The summed E-state index contributed by atoms with van der Waals surface area (Å²) < 4.78 is 39.1. The summed E-state index contributed by atoms with van der Waals surface area (Å²) in [5.74, 6) is 0.859. The number of rotatable bonds is 8. The molecular weight excluding hydrogens is 480 g/mol. The van der Waals surface area contributed by atoms with Gasteiger partial charge in [-0.25, -0.2) is 23.1 Å². The second-order valence-corrected chi connectivity index (χ2v) is 10.0. The average molecular weight is 507 g/mol. The van der Waals surface area contributed by atoms with Crippen molar-refractivity contribution in [3.8, 4) is 5.75 Å². The molecule has 1 amide bonds. The smallest absolute Gasteiger partial charge is 0.291 e. The molecule has 0 aliphatic carbocycles. The molecule has 2 heterocycles.